The highest BCUT2D eigenvalue weighted by Crippen LogP contribution is 2.28. The van der Waals surface area contributed by atoms with Gasteiger partial charge in [0, 0.05) is 6.07 Å². The summed E-state index contributed by atoms with van der Waals surface area (Å²) in [5, 5.41) is 26.3. The number of rotatable bonds is 7. The van der Waals surface area contributed by atoms with Crippen molar-refractivity contribution in [2.24, 2.45) is 0 Å². The van der Waals surface area contributed by atoms with E-state index in [9.17, 15) is 20.2 Å². The molecular formula is C10H15ClN4O4. The molecule has 0 radical (unpaired) electrons. The molecule has 0 aromatic heterocycles. The van der Waals surface area contributed by atoms with E-state index in [1.807, 2.05) is 12.2 Å². The van der Waals surface area contributed by atoms with Gasteiger partial charge in [-0.2, -0.15) is 0 Å². The second-order valence-corrected chi connectivity index (χ2v) is 3.63. The first-order valence-electron chi connectivity index (χ1n) is 5.54. The second kappa shape index (κ2) is 8.22. The van der Waals surface area contributed by atoms with Crippen LogP contribution in [0.2, 0.25) is 0 Å². The van der Waals surface area contributed by atoms with E-state index in [2.05, 4.69) is 5.32 Å². The molecule has 3 N–H and O–H groups in total. The van der Waals surface area contributed by atoms with Crippen LogP contribution in [-0.2, 0) is 0 Å². The van der Waals surface area contributed by atoms with Crippen molar-refractivity contribution in [2.75, 3.05) is 25.0 Å². The van der Waals surface area contributed by atoms with E-state index in [-0.39, 0.29) is 23.8 Å². The van der Waals surface area contributed by atoms with Crippen LogP contribution < -0.4 is 23.0 Å². The third kappa shape index (κ3) is 5.06. The van der Waals surface area contributed by atoms with Gasteiger partial charge in [0.25, 0.3) is 11.4 Å². The van der Waals surface area contributed by atoms with Crippen LogP contribution in [0.4, 0.5) is 17.1 Å². The van der Waals surface area contributed by atoms with Gasteiger partial charge in [-0.25, -0.2) is 0 Å². The average Bonchev–Trinajstić information content (AvgIpc) is 2.34. The molecule has 1 aromatic rings. The summed E-state index contributed by atoms with van der Waals surface area (Å²) < 4.78 is 0. The molecule has 1 aromatic carbocycles. The predicted molar refractivity (Wildman–Crippen MR) is 65.6 cm³/mol. The molecule has 1 rings (SSSR count). The topological polar surface area (TPSA) is 115 Å². The number of quaternary nitrogens is 1. The van der Waals surface area contributed by atoms with Gasteiger partial charge in [0.1, 0.15) is 5.69 Å². The van der Waals surface area contributed by atoms with Crippen molar-refractivity contribution in [1.29, 1.82) is 0 Å². The Labute approximate surface area is 115 Å². The number of nitrogens with one attached hydrogen (secondary N) is 1. The summed E-state index contributed by atoms with van der Waals surface area (Å²) >= 11 is 0. The van der Waals surface area contributed by atoms with Gasteiger partial charge >= 0.3 is 0 Å². The third-order valence-corrected chi connectivity index (χ3v) is 2.34. The molecule has 0 saturated heterocycles. The Balaban J connectivity index is 0.00000324. The lowest BCUT2D eigenvalue weighted by molar-refractivity contribution is -0.648. The fraction of sp³-hybridized carbons (Fsp3) is 0.400. The molecule has 9 heteroatoms. The highest BCUT2D eigenvalue weighted by atomic mass is 35.5. The van der Waals surface area contributed by atoms with Crippen LogP contribution in [0.3, 0.4) is 0 Å². The van der Waals surface area contributed by atoms with Gasteiger partial charge in [0.15, 0.2) is 0 Å². The zero-order valence-corrected chi connectivity index (χ0v) is 11.1. The lowest BCUT2D eigenvalue weighted by atomic mass is 10.2. The molecule has 0 heterocycles. The normalized spacial score (nSPS) is 9.53. The third-order valence-electron chi connectivity index (χ3n) is 2.34. The molecule has 0 aliphatic heterocycles. The molecule has 0 aliphatic rings. The van der Waals surface area contributed by atoms with Gasteiger partial charge in [-0.1, -0.05) is 0 Å². The SMILES string of the molecule is CC[NH2+]CCNc1ccc([N+](=O)[O-])cc1[N+](=O)[O-].[Cl-]. The van der Waals surface area contributed by atoms with Crippen molar-refractivity contribution in [3.63, 3.8) is 0 Å². The van der Waals surface area contributed by atoms with Crippen LogP contribution in [-0.4, -0.2) is 29.5 Å². The average molecular weight is 291 g/mol. The molecule has 0 spiro atoms. The van der Waals surface area contributed by atoms with Crippen LogP contribution in [0.1, 0.15) is 6.92 Å². The lowest BCUT2D eigenvalue weighted by Gasteiger charge is -2.05. The molecule has 0 aliphatic carbocycles. The first kappa shape index (κ1) is 17.1. The van der Waals surface area contributed by atoms with Gasteiger partial charge in [-0.05, 0) is 13.0 Å². The molecule has 0 unspecified atom stereocenters. The molecule has 8 nitrogen and oxygen atoms in total. The van der Waals surface area contributed by atoms with Gasteiger partial charge < -0.3 is 23.0 Å². The number of benzene rings is 1. The van der Waals surface area contributed by atoms with E-state index >= 15 is 0 Å². The number of hydrogen-bond acceptors (Lipinski definition) is 5. The molecule has 0 amide bonds. The number of likely N-dealkylation sites (N-methyl/N-ethyl adjacent to an activating group) is 1. The molecule has 0 atom stereocenters. The summed E-state index contributed by atoms with van der Waals surface area (Å²) in [7, 11) is 0. The zero-order valence-electron chi connectivity index (χ0n) is 10.3. The summed E-state index contributed by atoms with van der Waals surface area (Å²) in [6.45, 7) is 4.29. The molecule has 19 heavy (non-hydrogen) atoms. The van der Waals surface area contributed by atoms with Crippen molar-refractivity contribution in [2.45, 2.75) is 6.92 Å². The van der Waals surface area contributed by atoms with E-state index in [0.29, 0.717) is 12.2 Å². The Morgan fingerprint density at radius 3 is 2.47 bits per heavy atom. The van der Waals surface area contributed by atoms with Gasteiger partial charge in [-0.3, -0.25) is 20.2 Å². The van der Waals surface area contributed by atoms with E-state index in [4.69, 9.17) is 0 Å². The van der Waals surface area contributed by atoms with Crippen molar-refractivity contribution in [1.82, 2.24) is 0 Å². The number of nitro benzene ring substituents is 2. The standard InChI is InChI=1S/C10H14N4O4.ClH/c1-2-11-5-6-12-9-4-3-8(13(15)16)7-10(9)14(17)18;/h3-4,7,11-12H,2,5-6H2,1H3;1H. The Morgan fingerprint density at radius 1 is 1.26 bits per heavy atom. The number of nitrogens with zero attached hydrogens (tertiary/aromatic N) is 2. The Morgan fingerprint density at radius 2 is 1.95 bits per heavy atom. The lowest BCUT2D eigenvalue weighted by Crippen LogP contribution is -3.00. The minimum atomic E-state index is -0.651. The zero-order chi connectivity index (χ0) is 13.5. The van der Waals surface area contributed by atoms with Gasteiger partial charge in [-0.15, -0.1) is 0 Å². The number of nitrogens with two attached hydrogens (primary N) is 1. The quantitative estimate of drug-likeness (QED) is 0.327. The van der Waals surface area contributed by atoms with Crippen LogP contribution >= 0.6 is 0 Å². The fourth-order valence-corrected chi connectivity index (χ4v) is 1.45. The number of anilines is 1. The van der Waals surface area contributed by atoms with Crippen molar-refractivity contribution in [3.8, 4) is 0 Å². The van der Waals surface area contributed by atoms with Crippen LogP contribution in [0.25, 0.3) is 0 Å². The predicted octanol–water partition coefficient (Wildman–Crippen LogP) is -2.50. The van der Waals surface area contributed by atoms with Gasteiger partial charge in [0.2, 0.25) is 0 Å². The first-order valence-corrected chi connectivity index (χ1v) is 5.54. The first-order chi connectivity index (χ1) is 8.56. The summed E-state index contributed by atoms with van der Waals surface area (Å²) in [5.74, 6) is 0. The Kier molecular flexibility index (Phi) is 7.39. The fourth-order valence-electron chi connectivity index (χ4n) is 1.45. The van der Waals surface area contributed by atoms with Crippen molar-refractivity contribution >= 4 is 17.1 Å². The molecule has 0 fully saturated rings. The molecule has 0 bridgehead atoms. The molecule has 0 saturated carbocycles. The van der Waals surface area contributed by atoms with Gasteiger partial charge in [0.05, 0.1) is 35.5 Å². The maximum Gasteiger partial charge on any atom is 0.299 e. The summed E-state index contributed by atoms with van der Waals surface area (Å²) in [4.78, 5) is 20.1. The van der Waals surface area contributed by atoms with E-state index in [0.717, 1.165) is 19.2 Å². The van der Waals surface area contributed by atoms with Crippen LogP contribution in [0.15, 0.2) is 18.2 Å². The number of halogens is 1. The van der Waals surface area contributed by atoms with E-state index in [1.165, 1.54) is 12.1 Å². The van der Waals surface area contributed by atoms with E-state index < -0.39 is 9.85 Å². The van der Waals surface area contributed by atoms with Crippen molar-refractivity contribution in [3.05, 3.63) is 38.4 Å². The smallest absolute Gasteiger partial charge is 0.299 e. The van der Waals surface area contributed by atoms with Crippen LogP contribution in [0, 0.1) is 20.2 Å². The molecule has 106 valence electrons. The highest BCUT2D eigenvalue weighted by molar-refractivity contribution is 5.65. The largest absolute Gasteiger partial charge is 1.00 e. The number of non-ortho nitro benzene ring substituents is 1. The Hall–Kier alpha value is -1.93. The molecular weight excluding hydrogens is 276 g/mol. The highest BCUT2D eigenvalue weighted by Gasteiger charge is 2.18. The number of nitro groups is 2. The maximum absolute atomic E-state index is 10.8. The minimum absolute atomic E-state index is 0. The summed E-state index contributed by atoms with van der Waals surface area (Å²) in [6, 6.07) is 3.58. The van der Waals surface area contributed by atoms with Crippen LogP contribution in [0.5, 0.6) is 0 Å². The van der Waals surface area contributed by atoms with Crippen molar-refractivity contribution < 1.29 is 27.6 Å². The Bertz CT molecular complexity index is 455. The number of hydrogen-bond donors (Lipinski definition) is 2. The summed E-state index contributed by atoms with van der Waals surface area (Å²) in [5.41, 5.74) is -0.261. The summed E-state index contributed by atoms with van der Waals surface area (Å²) in [6.07, 6.45) is 0. The maximum atomic E-state index is 10.8. The minimum Gasteiger partial charge on any atom is -1.00 e. The van der Waals surface area contributed by atoms with E-state index in [1.54, 1.807) is 0 Å². The second-order valence-electron chi connectivity index (χ2n) is 3.63. The monoisotopic (exact) mass is 290 g/mol.